The van der Waals surface area contributed by atoms with Crippen molar-refractivity contribution in [2.24, 2.45) is 10.6 Å². The topological polar surface area (TPSA) is 173 Å². The van der Waals surface area contributed by atoms with Gasteiger partial charge in [-0.3, -0.25) is 9.63 Å². The Labute approximate surface area is 213 Å². The summed E-state index contributed by atoms with van der Waals surface area (Å²) >= 11 is 0. The van der Waals surface area contributed by atoms with Gasteiger partial charge in [0.25, 0.3) is 0 Å². The van der Waals surface area contributed by atoms with Gasteiger partial charge in [0.1, 0.15) is 17.3 Å². The zero-order chi connectivity index (χ0) is 27.5. The summed E-state index contributed by atoms with van der Waals surface area (Å²) in [5.41, 5.74) is 1.52. The number of carbonyl (C=O) groups is 1. The Morgan fingerprint density at radius 1 is 1.24 bits per heavy atom. The number of aryl methyl sites for hydroxylation is 2. The number of esters is 1. The second-order valence-electron chi connectivity index (χ2n) is 9.09. The van der Waals surface area contributed by atoms with Crippen LogP contribution in [-0.2, 0) is 37.4 Å². The van der Waals surface area contributed by atoms with Crippen molar-refractivity contribution < 1.29 is 32.4 Å². The summed E-state index contributed by atoms with van der Waals surface area (Å²) in [6.45, 7) is 5.90. The van der Waals surface area contributed by atoms with Crippen LogP contribution in [-0.4, -0.2) is 46.4 Å². The summed E-state index contributed by atoms with van der Waals surface area (Å²) in [5.74, 6) is -1.29. The Bertz CT molecular complexity index is 1410. The molecule has 1 heterocycles. The molecule has 0 amide bonds. The maximum Gasteiger partial charge on any atom is 0.314 e. The van der Waals surface area contributed by atoms with Crippen molar-refractivity contribution in [2.45, 2.75) is 45.6 Å². The molecule has 3 N–H and O–H groups in total. The first-order valence-electron chi connectivity index (χ1n) is 11.0. The fraction of sp³-hybridized carbons (Fsp3) is 0.348. The van der Waals surface area contributed by atoms with E-state index in [1.165, 1.54) is 24.6 Å². The van der Waals surface area contributed by atoms with Crippen LogP contribution >= 0.6 is 0 Å². The third-order valence-electron chi connectivity index (χ3n) is 5.47. The van der Waals surface area contributed by atoms with Crippen LogP contribution in [0.3, 0.4) is 0 Å². The van der Waals surface area contributed by atoms with Crippen LogP contribution in [0.5, 0.6) is 0 Å². The minimum absolute atomic E-state index is 0.0490. The number of rotatable bonds is 10. The Morgan fingerprint density at radius 3 is 2.57 bits per heavy atom. The van der Waals surface area contributed by atoms with Gasteiger partial charge in [-0.15, -0.1) is 10.5 Å². The van der Waals surface area contributed by atoms with Gasteiger partial charge < -0.3 is 15.2 Å². The van der Waals surface area contributed by atoms with E-state index < -0.39 is 44.1 Å². The van der Waals surface area contributed by atoms with Crippen molar-refractivity contribution in [3.63, 3.8) is 0 Å². The summed E-state index contributed by atoms with van der Waals surface area (Å²) in [7, 11) is -4.12. The molecule has 0 radical (unpaired) electrons. The lowest BCUT2D eigenvalue weighted by atomic mass is 9.95. The molecule has 0 bridgehead atoms. The van der Waals surface area contributed by atoms with Gasteiger partial charge in [-0.1, -0.05) is 23.8 Å². The van der Waals surface area contributed by atoms with E-state index in [1.54, 1.807) is 0 Å². The summed E-state index contributed by atoms with van der Waals surface area (Å²) < 4.78 is 44.7. The van der Waals surface area contributed by atoms with E-state index in [-0.39, 0.29) is 24.5 Å². The molecule has 3 rings (SSSR count). The molecule has 0 unspecified atom stereocenters. The number of carbonyl (C=O) groups excluding carboxylic acids is 1. The highest BCUT2D eigenvalue weighted by molar-refractivity contribution is 7.89. The van der Waals surface area contributed by atoms with Crippen molar-refractivity contribution >= 4 is 16.0 Å². The molecule has 1 aromatic heterocycles. The lowest BCUT2D eigenvalue weighted by Crippen LogP contribution is -2.33. The average molecular weight is 537 g/mol. The van der Waals surface area contributed by atoms with Crippen LogP contribution in [0, 0.1) is 30.3 Å². The van der Waals surface area contributed by atoms with E-state index in [4.69, 9.17) is 15.1 Å². The predicted octanol–water partition coefficient (Wildman–Crippen LogP) is 2.45. The van der Waals surface area contributed by atoms with Crippen molar-refractivity contribution in [3.05, 3.63) is 75.8 Å². The smallest absolute Gasteiger partial charge is 0.314 e. The molecule has 12 nitrogen and oxygen atoms in total. The van der Waals surface area contributed by atoms with Crippen LogP contribution in [0.1, 0.15) is 42.2 Å². The van der Waals surface area contributed by atoms with Gasteiger partial charge in [0.05, 0.1) is 16.9 Å². The Balaban J connectivity index is 1.95. The normalized spacial score (nSPS) is 12.2. The first-order valence-corrected chi connectivity index (χ1v) is 12.5. The van der Waals surface area contributed by atoms with Crippen LogP contribution in [0.25, 0.3) is 5.69 Å². The lowest BCUT2D eigenvalue weighted by Gasteiger charge is -2.26. The van der Waals surface area contributed by atoms with E-state index in [0.29, 0.717) is 5.82 Å². The SMILES string of the molecule is Cc1ccc(C)c(Cc2nc(COC(=O)C(C)(C)CON([O-])O)nn2-c2ccc(S(N)(=O)=O)cc2F)c1. The quantitative estimate of drug-likeness (QED) is 0.289. The largest absolute Gasteiger partial charge is 0.738 e. The zero-order valence-electron chi connectivity index (χ0n) is 20.6. The molecule has 0 atom stereocenters. The van der Waals surface area contributed by atoms with Crippen molar-refractivity contribution in [2.75, 3.05) is 6.61 Å². The highest BCUT2D eigenvalue weighted by Gasteiger charge is 2.31. The monoisotopic (exact) mass is 536 g/mol. The lowest BCUT2D eigenvalue weighted by molar-refractivity contribution is -0.314. The number of halogens is 1. The molecular weight excluding hydrogens is 509 g/mol. The number of primary sulfonamides is 1. The molecule has 0 aliphatic carbocycles. The summed E-state index contributed by atoms with van der Waals surface area (Å²) in [4.78, 5) is 20.9. The van der Waals surface area contributed by atoms with Crippen LogP contribution in [0.2, 0.25) is 0 Å². The van der Waals surface area contributed by atoms with E-state index in [2.05, 4.69) is 14.9 Å². The van der Waals surface area contributed by atoms with Gasteiger partial charge in [-0.2, -0.15) is 0 Å². The number of hydrogen-bond acceptors (Lipinski definition) is 10. The predicted molar refractivity (Wildman–Crippen MR) is 128 cm³/mol. The number of nitrogens with zero attached hydrogens (tertiary/aromatic N) is 4. The summed E-state index contributed by atoms with van der Waals surface area (Å²) in [6, 6.07) is 9.01. The first kappa shape index (κ1) is 28.3. The highest BCUT2D eigenvalue weighted by atomic mass is 32.2. The second-order valence-corrected chi connectivity index (χ2v) is 10.7. The Morgan fingerprint density at radius 2 is 1.95 bits per heavy atom. The minimum atomic E-state index is -4.12. The van der Waals surface area contributed by atoms with E-state index in [0.717, 1.165) is 28.8 Å². The number of ether oxygens (including phenoxy) is 1. The standard InChI is InChI=1S/C23H27FN5O7S/c1-14-5-6-15(2)16(9-14)10-21-26-20(12-35-22(30)23(3,4)13-36-29(31)32)27-28(21)19-8-7-17(11-18(19)24)37(25,33)34/h5-9,11,31H,10,12-13H2,1-4H3,(H2,25,33,34)/q-1. The Kier molecular flexibility index (Phi) is 8.42. The summed E-state index contributed by atoms with van der Waals surface area (Å²) in [6.07, 6.45) is 0.250. The number of sulfonamides is 1. The van der Waals surface area contributed by atoms with Gasteiger partial charge in [0, 0.05) is 6.42 Å². The van der Waals surface area contributed by atoms with E-state index in [9.17, 15) is 18.4 Å². The van der Waals surface area contributed by atoms with Crippen molar-refractivity contribution in [1.29, 1.82) is 0 Å². The molecule has 2 aromatic carbocycles. The molecule has 200 valence electrons. The second kappa shape index (κ2) is 11.0. The number of aromatic nitrogens is 3. The zero-order valence-corrected chi connectivity index (χ0v) is 21.5. The number of benzene rings is 2. The van der Waals surface area contributed by atoms with Crippen LogP contribution in [0.4, 0.5) is 4.39 Å². The minimum Gasteiger partial charge on any atom is -0.738 e. The molecule has 0 saturated carbocycles. The van der Waals surface area contributed by atoms with Crippen LogP contribution in [0.15, 0.2) is 41.3 Å². The molecule has 0 fully saturated rings. The van der Waals surface area contributed by atoms with Gasteiger partial charge in [-0.25, -0.2) is 27.6 Å². The van der Waals surface area contributed by atoms with Crippen molar-refractivity contribution in [1.82, 2.24) is 20.2 Å². The van der Waals surface area contributed by atoms with Gasteiger partial charge in [0.15, 0.2) is 12.4 Å². The third kappa shape index (κ3) is 7.15. The fourth-order valence-corrected chi connectivity index (χ4v) is 3.88. The molecule has 37 heavy (non-hydrogen) atoms. The number of hydrogen-bond donors (Lipinski definition) is 2. The van der Waals surface area contributed by atoms with E-state index >= 15 is 4.39 Å². The maximum atomic E-state index is 15.0. The van der Waals surface area contributed by atoms with Gasteiger partial charge in [0.2, 0.25) is 10.0 Å². The molecule has 0 aliphatic rings. The molecule has 0 saturated heterocycles. The Hall–Kier alpha value is -3.27. The third-order valence-corrected chi connectivity index (χ3v) is 6.38. The van der Waals surface area contributed by atoms with E-state index in [1.807, 2.05) is 32.0 Å². The molecule has 0 spiro atoms. The maximum absolute atomic E-state index is 15.0. The molecule has 0 aliphatic heterocycles. The average Bonchev–Trinajstić information content (AvgIpc) is 3.20. The molecule has 3 aromatic rings. The van der Waals surface area contributed by atoms with Gasteiger partial charge in [-0.05, 0) is 57.0 Å². The molecular formula is C23H27FN5O7S-. The molecule has 14 heteroatoms. The van der Waals surface area contributed by atoms with Crippen LogP contribution < -0.4 is 5.14 Å². The number of nitrogens with two attached hydrogens (primary N) is 1. The fourth-order valence-electron chi connectivity index (χ4n) is 3.36. The first-order chi connectivity index (χ1) is 17.2. The van der Waals surface area contributed by atoms with Gasteiger partial charge >= 0.3 is 5.97 Å². The van der Waals surface area contributed by atoms with Crippen molar-refractivity contribution in [3.8, 4) is 5.69 Å². The highest BCUT2D eigenvalue weighted by Crippen LogP contribution is 2.23. The summed E-state index contributed by atoms with van der Waals surface area (Å²) in [5, 5.41) is 27.8.